The van der Waals surface area contributed by atoms with Crippen molar-refractivity contribution < 1.29 is 8.42 Å². The van der Waals surface area contributed by atoms with Crippen LogP contribution in [0.15, 0.2) is 58.7 Å². The lowest BCUT2D eigenvalue weighted by Gasteiger charge is -2.17. The number of fused-ring (bicyclic) bond motifs is 1. The average Bonchev–Trinajstić information content (AvgIpc) is 3.33. The number of hydrogen-bond donors (Lipinski definition) is 0. The molecule has 0 spiro atoms. The summed E-state index contributed by atoms with van der Waals surface area (Å²) in [5.74, 6) is 0.207. The third-order valence-corrected chi connectivity index (χ3v) is 8.38. The molecule has 5 nitrogen and oxygen atoms in total. The number of nitrogens with zero attached hydrogens (tertiary/aromatic N) is 3. The smallest absolute Gasteiger partial charge is 0.243 e. The number of rotatable bonds is 6. The molecule has 3 aromatic rings. The van der Waals surface area contributed by atoms with E-state index in [1.807, 2.05) is 30.6 Å². The molecular formula is C22H27N3O2S2. The fourth-order valence-electron chi connectivity index (χ4n) is 4.06. The predicted octanol–water partition coefficient (Wildman–Crippen LogP) is 4.73. The van der Waals surface area contributed by atoms with E-state index < -0.39 is 10.0 Å². The normalized spacial score (nSPS) is 18.1. The van der Waals surface area contributed by atoms with Gasteiger partial charge in [0.2, 0.25) is 10.0 Å². The van der Waals surface area contributed by atoms with Gasteiger partial charge in [-0.15, -0.1) is 11.8 Å². The van der Waals surface area contributed by atoms with Gasteiger partial charge in [0.25, 0.3) is 0 Å². The second-order valence-electron chi connectivity index (χ2n) is 7.75. The van der Waals surface area contributed by atoms with Crippen LogP contribution in [0, 0.1) is 0 Å². The second kappa shape index (κ2) is 8.13. The molecule has 0 saturated carbocycles. The largest absolute Gasteiger partial charge is 0.346 e. The summed E-state index contributed by atoms with van der Waals surface area (Å²) in [6, 6.07) is 9.34. The maximum atomic E-state index is 13.2. The van der Waals surface area contributed by atoms with Crippen molar-refractivity contribution in [3.63, 3.8) is 0 Å². The van der Waals surface area contributed by atoms with E-state index in [9.17, 15) is 8.42 Å². The topological polar surface area (TPSA) is 55.2 Å². The third kappa shape index (κ3) is 3.96. The van der Waals surface area contributed by atoms with Crippen molar-refractivity contribution in [2.45, 2.75) is 54.7 Å². The van der Waals surface area contributed by atoms with E-state index in [1.165, 1.54) is 10.9 Å². The van der Waals surface area contributed by atoms with Crippen molar-refractivity contribution in [2.75, 3.05) is 13.1 Å². The van der Waals surface area contributed by atoms with Crippen LogP contribution in [0.3, 0.4) is 0 Å². The number of aryl methyl sites for hydroxylation is 1. The molecule has 0 bridgehead atoms. The molecule has 1 atom stereocenters. The van der Waals surface area contributed by atoms with E-state index in [1.54, 1.807) is 28.2 Å². The van der Waals surface area contributed by atoms with Crippen molar-refractivity contribution in [2.24, 2.45) is 0 Å². The van der Waals surface area contributed by atoms with Crippen LogP contribution in [0.4, 0.5) is 0 Å². The zero-order valence-corrected chi connectivity index (χ0v) is 18.7. The Labute approximate surface area is 177 Å². The van der Waals surface area contributed by atoms with Gasteiger partial charge in [-0.1, -0.05) is 13.8 Å². The number of aromatic nitrogens is 2. The zero-order valence-electron chi connectivity index (χ0n) is 17.1. The standard InChI is InChI=1S/C22H27N3O2S2/c1-4-24-15-21(20-9-11-23-13-22(20)24)17-10-12-25(14-17)29(26,27)19-7-5-18(6-8-19)28-16(2)3/h5-9,11,13,15-17H,4,10,12,14H2,1-3H3. The van der Waals surface area contributed by atoms with Gasteiger partial charge in [0.1, 0.15) is 0 Å². The first-order valence-corrected chi connectivity index (χ1v) is 12.4. The molecule has 0 amide bonds. The fourth-order valence-corrected chi connectivity index (χ4v) is 6.40. The molecule has 1 aromatic carbocycles. The summed E-state index contributed by atoms with van der Waals surface area (Å²) in [7, 11) is -3.47. The molecular weight excluding hydrogens is 402 g/mol. The van der Waals surface area contributed by atoms with E-state index in [0.29, 0.717) is 23.2 Å². The Kier molecular flexibility index (Phi) is 5.73. The predicted molar refractivity (Wildman–Crippen MR) is 119 cm³/mol. The average molecular weight is 430 g/mol. The minimum atomic E-state index is -3.47. The van der Waals surface area contributed by atoms with Gasteiger partial charge in [0.15, 0.2) is 0 Å². The van der Waals surface area contributed by atoms with Gasteiger partial charge < -0.3 is 4.57 Å². The lowest BCUT2D eigenvalue weighted by molar-refractivity contribution is 0.473. The maximum absolute atomic E-state index is 13.2. The van der Waals surface area contributed by atoms with Gasteiger partial charge in [0, 0.05) is 53.5 Å². The van der Waals surface area contributed by atoms with Crippen molar-refractivity contribution in [3.05, 3.63) is 54.5 Å². The van der Waals surface area contributed by atoms with E-state index in [4.69, 9.17) is 0 Å². The Morgan fingerprint density at radius 2 is 1.97 bits per heavy atom. The van der Waals surface area contributed by atoms with Crippen LogP contribution in [0.25, 0.3) is 10.9 Å². The highest BCUT2D eigenvalue weighted by atomic mass is 32.2. The van der Waals surface area contributed by atoms with Gasteiger partial charge in [-0.3, -0.25) is 4.98 Å². The first-order chi connectivity index (χ1) is 13.9. The molecule has 1 fully saturated rings. The summed E-state index contributed by atoms with van der Waals surface area (Å²) in [5.41, 5.74) is 2.34. The molecule has 4 rings (SSSR count). The Morgan fingerprint density at radius 3 is 2.66 bits per heavy atom. The highest BCUT2D eigenvalue weighted by Gasteiger charge is 2.34. The van der Waals surface area contributed by atoms with Crippen molar-refractivity contribution >= 4 is 32.7 Å². The molecule has 1 aliphatic heterocycles. The van der Waals surface area contributed by atoms with Crippen LogP contribution in [0.1, 0.15) is 38.7 Å². The number of hydrogen-bond acceptors (Lipinski definition) is 4. The quantitative estimate of drug-likeness (QED) is 0.531. The molecule has 7 heteroatoms. The molecule has 1 aliphatic rings. The third-order valence-electron chi connectivity index (χ3n) is 5.48. The van der Waals surface area contributed by atoms with Crippen LogP contribution in [0.5, 0.6) is 0 Å². The Balaban J connectivity index is 1.57. The van der Waals surface area contributed by atoms with Crippen LogP contribution >= 0.6 is 11.8 Å². The maximum Gasteiger partial charge on any atom is 0.243 e. The lowest BCUT2D eigenvalue weighted by Crippen LogP contribution is -2.28. The van der Waals surface area contributed by atoms with Gasteiger partial charge in [-0.05, 0) is 49.2 Å². The van der Waals surface area contributed by atoms with Crippen LogP contribution in [-0.2, 0) is 16.6 Å². The van der Waals surface area contributed by atoms with Crippen LogP contribution < -0.4 is 0 Å². The Morgan fingerprint density at radius 1 is 1.21 bits per heavy atom. The summed E-state index contributed by atoms with van der Waals surface area (Å²) in [6.07, 6.45) is 6.71. The summed E-state index contributed by atoms with van der Waals surface area (Å²) in [6.45, 7) is 8.33. The molecule has 2 aromatic heterocycles. The summed E-state index contributed by atoms with van der Waals surface area (Å²) >= 11 is 1.74. The van der Waals surface area contributed by atoms with E-state index in [-0.39, 0.29) is 5.92 Å². The van der Waals surface area contributed by atoms with Crippen LogP contribution in [-0.4, -0.2) is 40.6 Å². The first-order valence-electron chi connectivity index (χ1n) is 10.1. The molecule has 3 heterocycles. The summed E-state index contributed by atoms with van der Waals surface area (Å²) in [4.78, 5) is 5.73. The number of benzene rings is 1. The molecule has 0 radical (unpaired) electrons. The molecule has 154 valence electrons. The van der Waals surface area contributed by atoms with E-state index >= 15 is 0 Å². The highest BCUT2D eigenvalue weighted by molar-refractivity contribution is 7.99. The zero-order chi connectivity index (χ0) is 20.6. The number of pyridine rings is 1. The van der Waals surface area contributed by atoms with E-state index in [2.05, 4.69) is 36.5 Å². The van der Waals surface area contributed by atoms with E-state index in [0.717, 1.165) is 23.4 Å². The number of sulfonamides is 1. The van der Waals surface area contributed by atoms with Gasteiger partial charge in [-0.25, -0.2) is 8.42 Å². The Hall–Kier alpha value is -1.83. The molecule has 1 saturated heterocycles. The van der Waals surface area contributed by atoms with Crippen molar-refractivity contribution in [1.29, 1.82) is 0 Å². The highest BCUT2D eigenvalue weighted by Crippen LogP contribution is 2.36. The molecule has 29 heavy (non-hydrogen) atoms. The first kappa shape index (κ1) is 20.4. The van der Waals surface area contributed by atoms with Crippen molar-refractivity contribution in [1.82, 2.24) is 13.9 Å². The fraction of sp³-hybridized carbons (Fsp3) is 0.409. The van der Waals surface area contributed by atoms with Gasteiger partial charge in [-0.2, -0.15) is 4.31 Å². The summed E-state index contributed by atoms with van der Waals surface area (Å²) in [5, 5.41) is 1.65. The monoisotopic (exact) mass is 429 g/mol. The lowest BCUT2D eigenvalue weighted by atomic mass is 9.98. The van der Waals surface area contributed by atoms with Crippen LogP contribution in [0.2, 0.25) is 0 Å². The van der Waals surface area contributed by atoms with Crippen molar-refractivity contribution in [3.8, 4) is 0 Å². The minimum Gasteiger partial charge on any atom is -0.346 e. The minimum absolute atomic E-state index is 0.207. The molecule has 0 aliphatic carbocycles. The SMILES string of the molecule is CCn1cc(C2CCN(S(=O)(=O)c3ccc(SC(C)C)cc3)C2)c2ccncc21. The Bertz CT molecular complexity index is 1100. The number of thioether (sulfide) groups is 1. The van der Waals surface area contributed by atoms with Gasteiger partial charge in [0.05, 0.1) is 16.6 Å². The van der Waals surface area contributed by atoms with Gasteiger partial charge >= 0.3 is 0 Å². The molecule has 1 unspecified atom stereocenters. The second-order valence-corrected chi connectivity index (χ2v) is 11.3. The molecule has 0 N–H and O–H groups in total. The summed E-state index contributed by atoms with van der Waals surface area (Å²) < 4.78 is 30.2.